The maximum Gasteiger partial charge on any atom is 0.220 e. The number of carbonyl (C=O) groups excluding carboxylic acids is 1. The van der Waals surface area contributed by atoms with Crippen LogP contribution in [0.25, 0.3) is 0 Å². The molecular formula is C17H21BrN2O2. The Hall–Kier alpha value is -1.62. The minimum absolute atomic E-state index is 0.0795. The first-order valence-electron chi connectivity index (χ1n) is 7.49. The van der Waals surface area contributed by atoms with Crippen LogP contribution in [0.4, 0.5) is 0 Å². The van der Waals surface area contributed by atoms with Gasteiger partial charge in [-0.25, -0.2) is 0 Å². The third-order valence-corrected chi connectivity index (χ3v) is 4.20. The number of carbonyl (C=O) groups is 1. The van der Waals surface area contributed by atoms with Crippen molar-refractivity contribution in [1.29, 1.82) is 0 Å². The number of rotatable bonds is 7. The van der Waals surface area contributed by atoms with Crippen LogP contribution in [0.1, 0.15) is 41.8 Å². The van der Waals surface area contributed by atoms with E-state index in [4.69, 9.17) is 4.52 Å². The zero-order valence-electron chi connectivity index (χ0n) is 13.0. The smallest absolute Gasteiger partial charge is 0.220 e. The average molecular weight is 365 g/mol. The minimum atomic E-state index is 0.0795. The summed E-state index contributed by atoms with van der Waals surface area (Å²) in [7, 11) is 0. The fourth-order valence-corrected chi connectivity index (χ4v) is 2.56. The van der Waals surface area contributed by atoms with Crippen molar-refractivity contribution in [2.75, 3.05) is 0 Å². The molecule has 0 radical (unpaired) electrons. The Morgan fingerprint density at radius 3 is 2.59 bits per heavy atom. The van der Waals surface area contributed by atoms with E-state index in [0.717, 1.165) is 40.8 Å². The van der Waals surface area contributed by atoms with Gasteiger partial charge in [0.1, 0.15) is 5.76 Å². The van der Waals surface area contributed by atoms with Crippen LogP contribution in [0, 0.1) is 13.8 Å². The molecule has 0 saturated carbocycles. The van der Waals surface area contributed by atoms with Crippen molar-refractivity contribution in [2.45, 2.75) is 46.1 Å². The van der Waals surface area contributed by atoms with Gasteiger partial charge in [-0.05, 0) is 50.8 Å². The van der Waals surface area contributed by atoms with Crippen LogP contribution in [-0.4, -0.2) is 11.1 Å². The molecule has 1 aromatic heterocycles. The summed E-state index contributed by atoms with van der Waals surface area (Å²) >= 11 is 3.43. The van der Waals surface area contributed by atoms with E-state index in [9.17, 15) is 4.79 Å². The Bertz CT molecular complexity index is 601. The highest BCUT2D eigenvalue weighted by Gasteiger charge is 2.10. The first-order chi connectivity index (χ1) is 10.6. The summed E-state index contributed by atoms with van der Waals surface area (Å²) in [5.74, 6) is 0.851. The number of hydrogen-bond acceptors (Lipinski definition) is 3. The molecule has 5 heteroatoms. The van der Waals surface area contributed by atoms with Crippen molar-refractivity contribution in [1.82, 2.24) is 10.5 Å². The van der Waals surface area contributed by atoms with Gasteiger partial charge >= 0.3 is 0 Å². The van der Waals surface area contributed by atoms with E-state index >= 15 is 0 Å². The Kier molecular flexibility index (Phi) is 6.19. The van der Waals surface area contributed by atoms with Crippen LogP contribution in [0.2, 0.25) is 0 Å². The first-order valence-corrected chi connectivity index (χ1v) is 8.28. The van der Waals surface area contributed by atoms with Crippen molar-refractivity contribution in [3.63, 3.8) is 0 Å². The Balaban J connectivity index is 1.65. The van der Waals surface area contributed by atoms with Crippen molar-refractivity contribution >= 4 is 21.8 Å². The van der Waals surface area contributed by atoms with Crippen LogP contribution in [-0.2, 0) is 17.8 Å². The molecule has 0 saturated heterocycles. The highest BCUT2D eigenvalue weighted by atomic mass is 79.9. The van der Waals surface area contributed by atoms with E-state index in [-0.39, 0.29) is 5.91 Å². The summed E-state index contributed by atoms with van der Waals surface area (Å²) in [6.07, 6.45) is 3.47. The van der Waals surface area contributed by atoms with E-state index in [2.05, 4.69) is 38.5 Å². The van der Waals surface area contributed by atoms with Gasteiger partial charge in [0, 0.05) is 23.0 Å². The average Bonchev–Trinajstić information content (AvgIpc) is 2.82. The Morgan fingerprint density at radius 2 is 1.95 bits per heavy atom. The van der Waals surface area contributed by atoms with Crippen LogP contribution in [0.5, 0.6) is 0 Å². The predicted octanol–water partition coefficient (Wildman–Crippen LogP) is 4.08. The molecule has 0 aliphatic heterocycles. The predicted molar refractivity (Wildman–Crippen MR) is 89.5 cm³/mol. The molecule has 0 bridgehead atoms. The lowest BCUT2D eigenvalue weighted by molar-refractivity contribution is -0.121. The molecule has 0 fully saturated rings. The van der Waals surface area contributed by atoms with Gasteiger partial charge in [0.15, 0.2) is 0 Å². The molecule has 0 atom stereocenters. The molecule has 0 spiro atoms. The van der Waals surface area contributed by atoms with E-state index in [1.54, 1.807) is 0 Å². The lowest BCUT2D eigenvalue weighted by Crippen LogP contribution is -2.22. The third-order valence-electron chi connectivity index (χ3n) is 3.68. The van der Waals surface area contributed by atoms with Crippen LogP contribution < -0.4 is 5.32 Å². The standard InChI is InChI=1S/C17H21BrN2O2/c1-12-16(13(2)22-20-12)11-19-17(21)6-4-3-5-14-7-9-15(18)10-8-14/h7-10H,3-6,11H2,1-2H3,(H,19,21). The van der Waals surface area contributed by atoms with E-state index in [1.807, 2.05) is 26.0 Å². The van der Waals surface area contributed by atoms with Gasteiger partial charge < -0.3 is 9.84 Å². The third kappa shape index (κ3) is 4.98. The summed E-state index contributed by atoms with van der Waals surface area (Å²) in [4.78, 5) is 11.8. The molecular weight excluding hydrogens is 344 g/mol. The maximum absolute atomic E-state index is 11.8. The minimum Gasteiger partial charge on any atom is -0.361 e. The van der Waals surface area contributed by atoms with Crippen molar-refractivity contribution in [3.05, 3.63) is 51.3 Å². The van der Waals surface area contributed by atoms with Crippen molar-refractivity contribution in [3.8, 4) is 0 Å². The highest BCUT2D eigenvalue weighted by molar-refractivity contribution is 9.10. The lowest BCUT2D eigenvalue weighted by Gasteiger charge is -2.05. The second-order valence-corrected chi connectivity index (χ2v) is 6.33. The fourth-order valence-electron chi connectivity index (χ4n) is 2.30. The van der Waals surface area contributed by atoms with Gasteiger partial charge in [-0.1, -0.05) is 33.2 Å². The first kappa shape index (κ1) is 16.7. The van der Waals surface area contributed by atoms with Crippen LogP contribution >= 0.6 is 15.9 Å². The number of aryl methyl sites for hydroxylation is 3. The SMILES string of the molecule is Cc1noc(C)c1CNC(=O)CCCCc1ccc(Br)cc1. The molecule has 2 rings (SSSR count). The topological polar surface area (TPSA) is 55.1 Å². The fraction of sp³-hybridized carbons (Fsp3) is 0.412. The number of nitrogens with zero attached hydrogens (tertiary/aromatic N) is 1. The largest absolute Gasteiger partial charge is 0.361 e. The second kappa shape index (κ2) is 8.13. The van der Waals surface area contributed by atoms with Gasteiger partial charge in [-0.15, -0.1) is 0 Å². The molecule has 0 unspecified atom stereocenters. The van der Waals surface area contributed by atoms with E-state index in [0.29, 0.717) is 13.0 Å². The number of halogens is 1. The zero-order chi connectivity index (χ0) is 15.9. The Morgan fingerprint density at radius 1 is 1.23 bits per heavy atom. The van der Waals surface area contributed by atoms with E-state index in [1.165, 1.54) is 5.56 Å². The molecule has 1 heterocycles. The second-order valence-electron chi connectivity index (χ2n) is 5.41. The summed E-state index contributed by atoms with van der Waals surface area (Å²) in [5.41, 5.74) is 3.12. The lowest BCUT2D eigenvalue weighted by atomic mass is 10.1. The van der Waals surface area contributed by atoms with Crippen LogP contribution in [0.3, 0.4) is 0 Å². The molecule has 0 aliphatic rings. The number of unbranched alkanes of at least 4 members (excludes halogenated alkanes) is 1. The van der Waals surface area contributed by atoms with Gasteiger partial charge in [0.25, 0.3) is 0 Å². The summed E-state index contributed by atoms with van der Waals surface area (Å²) < 4.78 is 6.17. The Labute approximate surface area is 139 Å². The number of nitrogens with one attached hydrogen (secondary N) is 1. The quantitative estimate of drug-likeness (QED) is 0.752. The molecule has 1 aromatic carbocycles. The number of amides is 1. The maximum atomic E-state index is 11.8. The van der Waals surface area contributed by atoms with Crippen LogP contribution in [0.15, 0.2) is 33.3 Å². The summed E-state index contributed by atoms with van der Waals surface area (Å²) in [5, 5.41) is 6.81. The van der Waals surface area contributed by atoms with Gasteiger partial charge in [-0.2, -0.15) is 0 Å². The normalized spacial score (nSPS) is 10.7. The monoisotopic (exact) mass is 364 g/mol. The molecule has 22 heavy (non-hydrogen) atoms. The molecule has 4 nitrogen and oxygen atoms in total. The molecule has 1 amide bonds. The number of aromatic nitrogens is 1. The molecule has 0 aliphatic carbocycles. The molecule has 2 aromatic rings. The highest BCUT2D eigenvalue weighted by Crippen LogP contribution is 2.13. The number of benzene rings is 1. The summed E-state index contributed by atoms with van der Waals surface area (Å²) in [6.45, 7) is 4.24. The van der Waals surface area contributed by atoms with Gasteiger partial charge in [-0.3, -0.25) is 4.79 Å². The van der Waals surface area contributed by atoms with E-state index < -0.39 is 0 Å². The summed E-state index contributed by atoms with van der Waals surface area (Å²) in [6, 6.07) is 8.32. The molecule has 118 valence electrons. The van der Waals surface area contributed by atoms with Crippen molar-refractivity contribution < 1.29 is 9.32 Å². The zero-order valence-corrected chi connectivity index (χ0v) is 14.6. The number of hydrogen-bond donors (Lipinski definition) is 1. The van der Waals surface area contributed by atoms with Crippen molar-refractivity contribution in [2.24, 2.45) is 0 Å². The molecule has 1 N–H and O–H groups in total. The van der Waals surface area contributed by atoms with Gasteiger partial charge in [0.2, 0.25) is 5.91 Å². The van der Waals surface area contributed by atoms with Gasteiger partial charge in [0.05, 0.1) is 5.69 Å².